The lowest BCUT2D eigenvalue weighted by Crippen LogP contribution is -2.38. The van der Waals surface area contributed by atoms with Gasteiger partial charge in [0.05, 0.1) is 4.90 Å². The second kappa shape index (κ2) is 10.0. The van der Waals surface area contributed by atoms with E-state index in [9.17, 15) is 13.2 Å². The molecule has 1 N–H and O–H groups in total. The highest BCUT2D eigenvalue weighted by Crippen LogP contribution is 2.26. The van der Waals surface area contributed by atoms with Gasteiger partial charge < -0.3 is 5.32 Å². The third-order valence-electron chi connectivity index (χ3n) is 5.63. The first-order chi connectivity index (χ1) is 14.0. The summed E-state index contributed by atoms with van der Waals surface area (Å²) in [4.78, 5) is 12.7. The van der Waals surface area contributed by atoms with Gasteiger partial charge >= 0.3 is 0 Å². The Morgan fingerprint density at radius 1 is 1.03 bits per heavy atom. The zero-order chi connectivity index (χ0) is 20.7. The summed E-state index contributed by atoms with van der Waals surface area (Å²) < 4.78 is 27.5. The molecule has 0 aliphatic heterocycles. The lowest BCUT2D eigenvalue weighted by atomic mass is 9.96. The Morgan fingerprint density at radius 2 is 1.76 bits per heavy atom. The van der Waals surface area contributed by atoms with Crippen molar-refractivity contribution in [2.75, 3.05) is 13.6 Å². The Kier molecular flexibility index (Phi) is 7.45. The molecule has 156 valence electrons. The van der Waals surface area contributed by atoms with E-state index < -0.39 is 10.0 Å². The number of hydrogen-bond acceptors (Lipinski definition) is 3. The van der Waals surface area contributed by atoms with Gasteiger partial charge in [-0.05, 0) is 49.4 Å². The summed E-state index contributed by atoms with van der Waals surface area (Å²) in [7, 11) is -1.95. The highest BCUT2D eigenvalue weighted by atomic mass is 32.2. The van der Waals surface area contributed by atoms with Gasteiger partial charge in [0.2, 0.25) is 10.0 Å². The van der Waals surface area contributed by atoms with Crippen LogP contribution in [0.25, 0.3) is 0 Å². The van der Waals surface area contributed by atoms with E-state index in [-0.39, 0.29) is 16.8 Å². The van der Waals surface area contributed by atoms with E-state index in [2.05, 4.69) is 17.4 Å². The summed E-state index contributed by atoms with van der Waals surface area (Å²) in [6, 6.07) is 16.5. The SMILES string of the molecule is CN(C1CCCCC1)S(=O)(=O)c1cccc(C(=O)NCCCc2ccccc2)c1. The third kappa shape index (κ3) is 5.67. The molecule has 1 saturated carbocycles. The molecule has 5 nitrogen and oxygen atoms in total. The van der Waals surface area contributed by atoms with Gasteiger partial charge in [-0.25, -0.2) is 8.42 Å². The molecule has 1 fully saturated rings. The summed E-state index contributed by atoms with van der Waals surface area (Å²) in [5.41, 5.74) is 1.61. The predicted octanol–water partition coefficient (Wildman–Crippen LogP) is 4.00. The number of nitrogens with zero attached hydrogens (tertiary/aromatic N) is 1. The Morgan fingerprint density at radius 3 is 2.48 bits per heavy atom. The average Bonchev–Trinajstić information content (AvgIpc) is 2.77. The van der Waals surface area contributed by atoms with Crippen LogP contribution in [0.1, 0.15) is 54.4 Å². The summed E-state index contributed by atoms with van der Waals surface area (Å²) in [6.45, 7) is 0.548. The van der Waals surface area contributed by atoms with Crippen molar-refractivity contribution in [3.8, 4) is 0 Å². The average molecular weight is 415 g/mol. The molecule has 0 aromatic heterocycles. The molecule has 0 saturated heterocycles. The molecule has 2 aromatic carbocycles. The number of hydrogen-bond donors (Lipinski definition) is 1. The van der Waals surface area contributed by atoms with Crippen molar-refractivity contribution in [1.29, 1.82) is 0 Å². The molecule has 6 heteroatoms. The molecule has 0 unspecified atom stereocenters. The van der Waals surface area contributed by atoms with Crippen LogP contribution in [0.15, 0.2) is 59.5 Å². The first-order valence-electron chi connectivity index (χ1n) is 10.4. The van der Waals surface area contributed by atoms with Gasteiger partial charge in [-0.15, -0.1) is 0 Å². The molecule has 0 spiro atoms. The maximum Gasteiger partial charge on any atom is 0.251 e. The smallest absolute Gasteiger partial charge is 0.251 e. The lowest BCUT2D eigenvalue weighted by molar-refractivity contribution is 0.0953. The van der Waals surface area contributed by atoms with Crippen LogP contribution in [0.4, 0.5) is 0 Å². The van der Waals surface area contributed by atoms with Crippen LogP contribution in [-0.2, 0) is 16.4 Å². The molecule has 0 atom stereocenters. The fraction of sp³-hybridized carbons (Fsp3) is 0.435. The van der Waals surface area contributed by atoms with E-state index in [1.807, 2.05) is 18.2 Å². The van der Waals surface area contributed by atoms with Gasteiger partial charge in [0, 0.05) is 25.2 Å². The van der Waals surface area contributed by atoms with E-state index in [1.54, 1.807) is 25.2 Å². The number of rotatable bonds is 8. The number of aryl methyl sites for hydroxylation is 1. The van der Waals surface area contributed by atoms with Crippen molar-refractivity contribution < 1.29 is 13.2 Å². The first kappa shape index (κ1) is 21.5. The standard InChI is InChI=1S/C23H30N2O3S/c1-25(21-14-6-3-7-15-21)29(27,28)22-16-8-13-20(18-22)23(26)24-17-9-12-19-10-4-2-5-11-19/h2,4-5,8,10-11,13,16,18,21H,3,6-7,9,12,14-15,17H2,1H3,(H,24,26). The normalized spacial score (nSPS) is 15.4. The highest BCUT2D eigenvalue weighted by Gasteiger charge is 2.29. The molecule has 2 aromatic rings. The van der Waals surface area contributed by atoms with Crippen molar-refractivity contribution in [2.45, 2.75) is 55.9 Å². The van der Waals surface area contributed by atoms with Crippen LogP contribution in [0.3, 0.4) is 0 Å². The summed E-state index contributed by atoms with van der Waals surface area (Å²) in [6.07, 6.45) is 6.82. The predicted molar refractivity (Wildman–Crippen MR) is 115 cm³/mol. The zero-order valence-electron chi connectivity index (χ0n) is 17.0. The van der Waals surface area contributed by atoms with Crippen molar-refractivity contribution in [1.82, 2.24) is 9.62 Å². The first-order valence-corrected chi connectivity index (χ1v) is 11.8. The number of nitrogens with one attached hydrogen (secondary N) is 1. The van der Waals surface area contributed by atoms with Gasteiger partial charge in [0.25, 0.3) is 5.91 Å². The second-order valence-corrected chi connectivity index (χ2v) is 9.68. The molecule has 1 amide bonds. The molecule has 0 bridgehead atoms. The highest BCUT2D eigenvalue weighted by molar-refractivity contribution is 7.89. The Balaban J connectivity index is 1.59. The molecular weight excluding hydrogens is 384 g/mol. The molecular formula is C23H30N2O3S. The van der Waals surface area contributed by atoms with Gasteiger partial charge in [-0.3, -0.25) is 4.79 Å². The Labute approximate surface area is 174 Å². The van der Waals surface area contributed by atoms with Crippen molar-refractivity contribution in [3.63, 3.8) is 0 Å². The van der Waals surface area contributed by atoms with Gasteiger partial charge in [-0.2, -0.15) is 4.31 Å². The van der Waals surface area contributed by atoms with Gasteiger partial charge in [0.1, 0.15) is 0 Å². The quantitative estimate of drug-likeness (QED) is 0.664. The van der Waals surface area contributed by atoms with E-state index in [4.69, 9.17) is 0 Å². The lowest BCUT2D eigenvalue weighted by Gasteiger charge is -2.30. The maximum absolute atomic E-state index is 13.0. The van der Waals surface area contributed by atoms with Crippen LogP contribution in [0.5, 0.6) is 0 Å². The second-order valence-electron chi connectivity index (χ2n) is 7.69. The number of amides is 1. The van der Waals surface area contributed by atoms with Crippen molar-refractivity contribution in [3.05, 3.63) is 65.7 Å². The van der Waals surface area contributed by atoms with E-state index in [0.29, 0.717) is 12.1 Å². The third-order valence-corrected chi connectivity index (χ3v) is 7.54. The van der Waals surface area contributed by atoms with Gasteiger partial charge in [0.15, 0.2) is 0 Å². The monoisotopic (exact) mass is 414 g/mol. The molecule has 0 radical (unpaired) electrons. The number of benzene rings is 2. The topological polar surface area (TPSA) is 66.5 Å². The minimum absolute atomic E-state index is 0.0456. The fourth-order valence-electron chi connectivity index (χ4n) is 3.85. The summed E-state index contributed by atoms with van der Waals surface area (Å²) >= 11 is 0. The van der Waals surface area contributed by atoms with E-state index in [1.165, 1.54) is 22.4 Å². The van der Waals surface area contributed by atoms with Crippen LogP contribution in [0.2, 0.25) is 0 Å². The van der Waals surface area contributed by atoms with Crippen LogP contribution >= 0.6 is 0 Å². The fourth-order valence-corrected chi connectivity index (χ4v) is 5.31. The minimum Gasteiger partial charge on any atom is -0.352 e. The molecule has 1 aliphatic carbocycles. The molecule has 0 heterocycles. The largest absolute Gasteiger partial charge is 0.352 e. The van der Waals surface area contributed by atoms with Crippen LogP contribution in [0, 0.1) is 0 Å². The molecule has 1 aliphatic rings. The van der Waals surface area contributed by atoms with E-state index in [0.717, 1.165) is 38.5 Å². The summed E-state index contributed by atoms with van der Waals surface area (Å²) in [5, 5.41) is 2.89. The maximum atomic E-state index is 13.0. The molecule has 3 rings (SSSR count). The molecule has 29 heavy (non-hydrogen) atoms. The van der Waals surface area contributed by atoms with Crippen molar-refractivity contribution in [2.24, 2.45) is 0 Å². The zero-order valence-corrected chi connectivity index (χ0v) is 17.8. The van der Waals surface area contributed by atoms with Crippen molar-refractivity contribution >= 4 is 15.9 Å². The number of carbonyl (C=O) groups is 1. The number of sulfonamides is 1. The van der Waals surface area contributed by atoms with Crippen LogP contribution < -0.4 is 5.32 Å². The Bertz CT molecular complexity index is 907. The minimum atomic E-state index is -3.60. The summed E-state index contributed by atoms with van der Waals surface area (Å²) in [5.74, 6) is -0.240. The van der Waals surface area contributed by atoms with E-state index >= 15 is 0 Å². The van der Waals surface area contributed by atoms with Gasteiger partial charge in [-0.1, -0.05) is 55.7 Å². The Hall–Kier alpha value is -2.18. The number of carbonyl (C=O) groups excluding carboxylic acids is 1. The van der Waals surface area contributed by atoms with Crippen LogP contribution in [-0.4, -0.2) is 38.3 Å².